The quantitative estimate of drug-likeness (QED) is 0.425. The Hall–Kier alpha value is -4.20. The van der Waals surface area contributed by atoms with E-state index in [4.69, 9.17) is 4.42 Å². The summed E-state index contributed by atoms with van der Waals surface area (Å²) >= 11 is 0. The van der Waals surface area contributed by atoms with E-state index >= 15 is 0 Å². The molecule has 0 bridgehead atoms. The SMILES string of the molecule is CCN(c1ccccc1C(=O)O)c1cc(F)cc2c(=O)cc(N3Cc4ccc(F)cc4C3)oc12. The summed E-state index contributed by atoms with van der Waals surface area (Å²) in [4.78, 5) is 28.2. The van der Waals surface area contributed by atoms with Crippen molar-refractivity contribution in [1.29, 1.82) is 0 Å². The van der Waals surface area contributed by atoms with Crippen LogP contribution in [0.2, 0.25) is 0 Å². The van der Waals surface area contributed by atoms with Crippen LogP contribution in [0.25, 0.3) is 11.0 Å². The van der Waals surface area contributed by atoms with E-state index < -0.39 is 17.2 Å². The number of carboxylic acid groups (broad SMARTS) is 1. The fourth-order valence-corrected chi connectivity index (χ4v) is 4.43. The highest BCUT2D eigenvalue weighted by molar-refractivity contribution is 5.98. The predicted molar refractivity (Wildman–Crippen MR) is 125 cm³/mol. The first-order chi connectivity index (χ1) is 16.4. The van der Waals surface area contributed by atoms with Crippen LogP contribution in [-0.2, 0) is 13.1 Å². The number of anilines is 3. The van der Waals surface area contributed by atoms with Gasteiger partial charge in [0.15, 0.2) is 11.0 Å². The molecule has 0 unspecified atom stereocenters. The van der Waals surface area contributed by atoms with Gasteiger partial charge in [-0.1, -0.05) is 18.2 Å². The van der Waals surface area contributed by atoms with Gasteiger partial charge in [-0.2, -0.15) is 0 Å². The van der Waals surface area contributed by atoms with Gasteiger partial charge in [-0.3, -0.25) is 4.79 Å². The number of benzene rings is 3. The molecule has 0 atom stereocenters. The van der Waals surface area contributed by atoms with E-state index in [9.17, 15) is 23.5 Å². The lowest BCUT2D eigenvalue weighted by molar-refractivity contribution is 0.0697. The van der Waals surface area contributed by atoms with Crippen LogP contribution in [0.5, 0.6) is 0 Å². The maximum Gasteiger partial charge on any atom is 0.337 e. The molecule has 4 aromatic rings. The van der Waals surface area contributed by atoms with Crippen LogP contribution in [0.1, 0.15) is 28.4 Å². The van der Waals surface area contributed by atoms with Gasteiger partial charge in [0.05, 0.1) is 22.3 Å². The maximum atomic E-state index is 14.6. The Bertz CT molecular complexity index is 1500. The Morgan fingerprint density at radius 3 is 2.53 bits per heavy atom. The van der Waals surface area contributed by atoms with Crippen LogP contribution >= 0.6 is 0 Å². The van der Waals surface area contributed by atoms with Crippen molar-refractivity contribution in [3.63, 3.8) is 0 Å². The maximum absolute atomic E-state index is 14.6. The molecule has 0 saturated heterocycles. The highest BCUT2D eigenvalue weighted by atomic mass is 19.1. The average molecular weight is 462 g/mol. The molecule has 1 aliphatic rings. The number of carboxylic acids is 1. The molecule has 0 fully saturated rings. The minimum atomic E-state index is -1.13. The zero-order valence-corrected chi connectivity index (χ0v) is 18.2. The van der Waals surface area contributed by atoms with Crippen molar-refractivity contribution in [3.05, 3.63) is 99.2 Å². The first-order valence-electron chi connectivity index (χ1n) is 10.7. The third kappa shape index (κ3) is 3.67. The summed E-state index contributed by atoms with van der Waals surface area (Å²) in [7, 11) is 0. The van der Waals surface area contributed by atoms with E-state index in [-0.39, 0.29) is 33.9 Å². The number of para-hydroxylation sites is 1. The van der Waals surface area contributed by atoms with Crippen LogP contribution in [0.4, 0.5) is 26.0 Å². The van der Waals surface area contributed by atoms with Gasteiger partial charge in [0.25, 0.3) is 0 Å². The van der Waals surface area contributed by atoms with Crippen molar-refractivity contribution < 1.29 is 23.1 Å². The van der Waals surface area contributed by atoms with Crippen molar-refractivity contribution in [2.24, 2.45) is 0 Å². The molecule has 0 spiro atoms. The molecule has 1 aliphatic heterocycles. The monoisotopic (exact) mass is 462 g/mol. The Morgan fingerprint density at radius 2 is 1.76 bits per heavy atom. The van der Waals surface area contributed by atoms with Gasteiger partial charge in [0.1, 0.15) is 11.6 Å². The Morgan fingerprint density at radius 1 is 1.00 bits per heavy atom. The molecule has 3 aromatic carbocycles. The molecular formula is C26H20F2N2O4. The number of halogens is 2. The normalized spacial score (nSPS) is 12.7. The van der Waals surface area contributed by atoms with E-state index in [1.165, 1.54) is 30.3 Å². The molecule has 6 nitrogen and oxygen atoms in total. The summed E-state index contributed by atoms with van der Waals surface area (Å²) in [5, 5.41) is 9.70. The Kier molecular flexibility index (Phi) is 5.28. The fourth-order valence-electron chi connectivity index (χ4n) is 4.43. The number of carbonyl (C=O) groups is 1. The van der Waals surface area contributed by atoms with Crippen LogP contribution in [0.3, 0.4) is 0 Å². The predicted octanol–water partition coefficient (Wildman–Crippen LogP) is 5.45. The van der Waals surface area contributed by atoms with Gasteiger partial charge in [0.2, 0.25) is 5.88 Å². The lowest BCUT2D eigenvalue weighted by Gasteiger charge is -2.26. The molecular weight excluding hydrogens is 442 g/mol. The van der Waals surface area contributed by atoms with Crippen molar-refractivity contribution in [3.8, 4) is 0 Å². The minimum Gasteiger partial charge on any atom is -0.478 e. The Labute approximate surface area is 193 Å². The molecule has 172 valence electrons. The molecule has 0 aliphatic carbocycles. The molecule has 5 rings (SSSR count). The first kappa shape index (κ1) is 21.6. The van der Waals surface area contributed by atoms with Crippen LogP contribution in [0.15, 0.2) is 69.9 Å². The van der Waals surface area contributed by atoms with Gasteiger partial charge in [-0.25, -0.2) is 13.6 Å². The molecule has 1 N–H and O–H groups in total. The number of hydrogen-bond donors (Lipinski definition) is 1. The minimum absolute atomic E-state index is 0.0391. The van der Waals surface area contributed by atoms with Crippen LogP contribution < -0.4 is 15.2 Å². The van der Waals surface area contributed by atoms with Gasteiger partial charge in [-0.15, -0.1) is 0 Å². The number of fused-ring (bicyclic) bond motifs is 2. The van der Waals surface area contributed by atoms with E-state index in [2.05, 4.69) is 0 Å². The molecule has 0 radical (unpaired) electrons. The van der Waals surface area contributed by atoms with Crippen LogP contribution in [0, 0.1) is 11.6 Å². The zero-order chi connectivity index (χ0) is 24.0. The van der Waals surface area contributed by atoms with E-state index in [1.807, 2.05) is 0 Å². The highest BCUT2D eigenvalue weighted by Crippen LogP contribution is 2.37. The largest absolute Gasteiger partial charge is 0.478 e. The summed E-state index contributed by atoms with van der Waals surface area (Å²) in [5.41, 5.74) is 2.07. The summed E-state index contributed by atoms with van der Waals surface area (Å²) in [6.45, 7) is 2.88. The lowest BCUT2D eigenvalue weighted by Crippen LogP contribution is -2.21. The topological polar surface area (TPSA) is 74.0 Å². The van der Waals surface area contributed by atoms with Crippen molar-refractivity contribution in [2.45, 2.75) is 20.0 Å². The van der Waals surface area contributed by atoms with Crippen molar-refractivity contribution in [2.75, 3.05) is 16.3 Å². The van der Waals surface area contributed by atoms with Crippen molar-refractivity contribution >= 4 is 34.2 Å². The van der Waals surface area contributed by atoms with Gasteiger partial charge < -0.3 is 19.3 Å². The summed E-state index contributed by atoms with van der Waals surface area (Å²) in [6.07, 6.45) is 0. The summed E-state index contributed by atoms with van der Waals surface area (Å²) < 4.78 is 34.4. The smallest absolute Gasteiger partial charge is 0.337 e. The number of nitrogens with zero attached hydrogens (tertiary/aromatic N) is 2. The van der Waals surface area contributed by atoms with Crippen LogP contribution in [-0.4, -0.2) is 17.6 Å². The first-order valence-corrected chi connectivity index (χ1v) is 10.7. The van der Waals surface area contributed by atoms with E-state index in [0.29, 0.717) is 25.3 Å². The third-order valence-electron chi connectivity index (χ3n) is 6.00. The van der Waals surface area contributed by atoms with E-state index in [0.717, 1.165) is 17.2 Å². The van der Waals surface area contributed by atoms with Gasteiger partial charge in [-0.05, 0) is 48.4 Å². The molecule has 0 amide bonds. The standard InChI is InChI=1S/C26H20F2N2O4/c1-2-30(21-6-4-3-5-19(21)26(32)33)22-11-18(28)10-20-23(31)12-24(34-25(20)22)29-13-15-7-8-17(27)9-16(15)14-29/h3-12H,2,13-14H2,1H3,(H,32,33). The van der Waals surface area contributed by atoms with Crippen molar-refractivity contribution in [1.82, 2.24) is 0 Å². The van der Waals surface area contributed by atoms with Gasteiger partial charge >= 0.3 is 5.97 Å². The average Bonchev–Trinajstić information content (AvgIpc) is 3.23. The second-order valence-corrected chi connectivity index (χ2v) is 8.09. The van der Waals surface area contributed by atoms with E-state index in [1.54, 1.807) is 41.0 Å². The highest BCUT2D eigenvalue weighted by Gasteiger charge is 2.25. The molecule has 0 saturated carbocycles. The van der Waals surface area contributed by atoms with Gasteiger partial charge in [0, 0.05) is 31.8 Å². The fraction of sp³-hybridized carbons (Fsp3) is 0.154. The zero-order valence-electron chi connectivity index (χ0n) is 18.2. The Balaban J connectivity index is 1.67. The molecule has 1 aromatic heterocycles. The second-order valence-electron chi connectivity index (χ2n) is 8.09. The lowest BCUT2D eigenvalue weighted by atomic mass is 10.1. The number of hydrogen-bond acceptors (Lipinski definition) is 5. The third-order valence-corrected chi connectivity index (χ3v) is 6.00. The number of aromatic carboxylic acids is 1. The number of rotatable bonds is 5. The second kappa shape index (κ2) is 8.30. The molecule has 8 heteroatoms. The molecule has 2 heterocycles. The molecule has 34 heavy (non-hydrogen) atoms. The summed E-state index contributed by atoms with van der Waals surface area (Å²) in [5.74, 6) is -1.84. The summed E-state index contributed by atoms with van der Waals surface area (Å²) in [6, 6.07) is 14.6.